The van der Waals surface area contributed by atoms with Crippen LogP contribution >= 0.6 is 0 Å². The van der Waals surface area contributed by atoms with Gasteiger partial charge in [-0.2, -0.15) is 0 Å². The fourth-order valence-corrected chi connectivity index (χ4v) is 4.26. The van der Waals surface area contributed by atoms with E-state index in [2.05, 4.69) is 4.72 Å². The Labute approximate surface area is 113 Å². The molecule has 2 aliphatic rings. The van der Waals surface area contributed by atoms with E-state index in [0.717, 1.165) is 25.7 Å². The number of ether oxygens (including phenoxy) is 1. The largest absolute Gasteiger partial charge is 0.481 e. The molecule has 1 heterocycles. The van der Waals surface area contributed by atoms with Gasteiger partial charge in [0.1, 0.15) is 0 Å². The van der Waals surface area contributed by atoms with Gasteiger partial charge >= 0.3 is 5.97 Å². The van der Waals surface area contributed by atoms with Crippen molar-refractivity contribution < 1.29 is 23.1 Å². The van der Waals surface area contributed by atoms with E-state index in [0.29, 0.717) is 13.0 Å². The normalized spacial score (nSPS) is 31.7. The van der Waals surface area contributed by atoms with Crippen molar-refractivity contribution in [3.05, 3.63) is 0 Å². The van der Waals surface area contributed by atoms with Gasteiger partial charge in [0.05, 0.1) is 17.8 Å². The van der Waals surface area contributed by atoms with Gasteiger partial charge in [-0.05, 0) is 31.6 Å². The Bertz CT molecular complexity index is 416. The molecular formula is C12H21NO5S. The Balaban J connectivity index is 1.81. The van der Waals surface area contributed by atoms with Crippen LogP contribution in [-0.4, -0.2) is 44.5 Å². The lowest BCUT2D eigenvalue weighted by Crippen LogP contribution is -2.37. The zero-order chi connectivity index (χ0) is 13.9. The Morgan fingerprint density at radius 1 is 1.26 bits per heavy atom. The summed E-state index contributed by atoms with van der Waals surface area (Å²) in [7, 11) is -3.37. The summed E-state index contributed by atoms with van der Waals surface area (Å²) in [6, 6.07) is 0. The van der Waals surface area contributed by atoms with Crippen molar-refractivity contribution in [2.45, 2.75) is 38.2 Å². The summed E-state index contributed by atoms with van der Waals surface area (Å²) in [4.78, 5) is 11.0. The number of sulfonamides is 1. The number of aliphatic carboxylic acids is 1. The van der Waals surface area contributed by atoms with Gasteiger partial charge in [-0.25, -0.2) is 13.1 Å². The quantitative estimate of drug-likeness (QED) is 0.747. The molecular weight excluding hydrogens is 270 g/mol. The van der Waals surface area contributed by atoms with Crippen molar-refractivity contribution in [3.8, 4) is 0 Å². The Morgan fingerprint density at radius 3 is 2.68 bits per heavy atom. The molecule has 3 unspecified atom stereocenters. The smallest absolute Gasteiger partial charge is 0.306 e. The van der Waals surface area contributed by atoms with Crippen LogP contribution in [0.4, 0.5) is 0 Å². The molecule has 2 rings (SSSR count). The van der Waals surface area contributed by atoms with Crippen LogP contribution < -0.4 is 4.72 Å². The highest BCUT2D eigenvalue weighted by Crippen LogP contribution is 2.31. The van der Waals surface area contributed by atoms with Crippen LogP contribution in [0.15, 0.2) is 0 Å². The molecule has 0 radical (unpaired) electrons. The predicted octanol–water partition coefficient (Wildman–Crippen LogP) is 0.586. The Morgan fingerprint density at radius 2 is 2.05 bits per heavy atom. The molecule has 0 bridgehead atoms. The molecule has 1 aliphatic carbocycles. The molecule has 0 amide bonds. The van der Waals surface area contributed by atoms with Gasteiger partial charge in [0, 0.05) is 13.2 Å². The molecule has 0 aromatic heterocycles. The average molecular weight is 291 g/mol. The molecule has 6 nitrogen and oxygen atoms in total. The first-order valence-electron chi connectivity index (χ1n) is 6.80. The van der Waals surface area contributed by atoms with Gasteiger partial charge in [0.15, 0.2) is 0 Å². The van der Waals surface area contributed by atoms with E-state index in [1.54, 1.807) is 0 Å². The van der Waals surface area contributed by atoms with Crippen molar-refractivity contribution in [2.24, 2.45) is 11.8 Å². The molecule has 0 spiro atoms. The van der Waals surface area contributed by atoms with Gasteiger partial charge in [0.2, 0.25) is 10.0 Å². The second-order valence-corrected chi connectivity index (χ2v) is 7.25. The molecule has 0 aromatic rings. The first kappa shape index (κ1) is 14.7. The lowest BCUT2D eigenvalue weighted by molar-refractivity contribution is -0.142. The number of hydrogen-bond donors (Lipinski definition) is 2. The second-order valence-electron chi connectivity index (χ2n) is 5.40. The molecule has 2 fully saturated rings. The van der Waals surface area contributed by atoms with Crippen LogP contribution in [0.2, 0.25) is 0 Å². The van der Waals surface area contributed by atoms with Crippen molar-refractivity contribution >= 4 is 16.0 Å². The zero-order valence-corrected chi connectivity index (χ0v) is 11.7. The highest BCUT2D eigenvalue weighted by molar-refractivity contribution is 7.89. The molecule has 1 saturated heterocycles. The highest BCUT2D eigenvalue weighted by atomic mass is 32.2. The number of carbonyl (C=O) groups is 1. The highest BCUT2D eigenvalue weighted by Gasteiger charge is 2.33. The number of nitrogens with one attached hydrogen (secondary N) is 1. The molecule has 2 N–H and O–H groups in total. The average Bonchev–Trinajstić information content (AvgIpc) is 2.95. The third kappa shape index (κ3) is 4.15. The molecule has 7 heteroatoms. The zero-order valence-electron chi connectivity index (χ0n) is 10.9. The van der Waals surface area contributed by atoms with Gasteiger partial charge in [-0.1, -0.05) is 6.42 Å². The lowest BCUT2D eigenvalue weighted by atomic mass is 9.97. The predicted molar refractivity (Wildman–Crippen MR) is 69.2 cm³/mol. The maximum Gasteiger partial charge on any atom is 0.306 e. The van der Waals surface area contributed by atoms with E-state index in [-0.39, 0.29) is 24.3 Å². The molecule has 1 saturated carbocycles. The lowest BCUT2D eigenvalue weighted by Gasteiger charge is -2.17. The van der Waals surface area contributed by atoms with Crippen molar-refractivity contribution in [1.82, 2.24) is 4.72 Å². The van der Waals surface area contributed by atoms with Crippen LogP contribution in [0.5, 0.6) is 0 Å². The first-order chi connectivity index (χ1) is 8.98. The first-order valence-corrected chi connectivity index (χ1v) is 8.45. The summed E-state index contributed by atoms with van der Waals surface area (Å²) < 4.78 is 31.6. The monoisotopic (exact) mass is 291 g/mol. The Kier molecular flexibility index (Phi) is 4.81. The van der Waals surface area contributed by atoms with E-state index in [9.17, 15) is 13.2 Å². The minimum atomic E-state index is -3.37. The van der Waals surface area contributed by atoms with Gasteiger partial charge in [-0.15, -0.1) is 0 Å². The van der Waals surface area contributed by atoms with Crippen LogP contribution in [0.25, 0.3) is 0 Å². The summed E-state index contributed by atoms with van der Waals surface area (Å²) in [5.41, 5.74) is 0. The summed E-state index contributed by atoms with van der Waals surface area (Å²) >= 11 is 0. The molecule has 3 atom stereocenters. The number of hydrogen-bond acceptors (Lipinski definition) is 4. The number of carboxylic acid groups (broad SMARTS) is 1. The van der Waals surface area contributed by atoms with Crippen LogP contribution in [-0.2, 0) is 19.6 Å². The molecule has 0 aromatic carbocycles. The third-order valence-electron chi connectivity index (χ3n) is 3.97. The number of carboxylic acids is 1. The second kappa shape index (κ2) is 6.19. The summed E-state index contributed by atoms with van der Waals surface area (Å²) in [5, 5.41) is 9.05. The van der Waals surface area contributed by atoms with Gasteiger partial charge < -0.3 is 9.84 Å². The van der Waals surface area contributed by atoms with E-state index in [1.807, 2.05) is 0 Å². The molecule has 110 valence electrons. The minimum Gasteiger partial charge on any atom is -0.481 e. The SMILES string of the molecule is O=C(O)C1CCCC1CNS(=O)(=O)CC1CCCO1. The maximum atomic E-state index is 11.9. The summed E-state index contributed by atoms with van der Waals surface area (Å²) in [5.74, 6) is -1.33. The van der Waals surface area contributed by atoms with E-state index < -0.39 is 21.9 Å². The Hall–Kier alpha value is -0.660. The topological polar surface area (TPSA) is 92.7 Å². The fraction of sp³-hybridized carbons (Fsp3) is 0.917. The third-order valence-corrected chi connectivity index (χ3v) is 5.39. The molecule has 1 aliphatic heterocycles. The molecule has 19 heavy (non-hydrogen) atoms. The fourth-order valence-electron chi connectivity index (χ4n) is 2.92. The van der Waals surface area contributed by atoms with Crippen LogP contribution in [0.3, 0.4) is 0 Å². The number of rotatable bonds is 6. The van der Waals surface area contributed by atoms with Crippen LogP contribution in [0, 0.1) is 11.8 Å². The van der Waals surface area contributed by atoms with Crippen molar-refractivity contribution in [3.63, 3.8) is 0 Å². The standard InChI is InChI=1S/C12H21NO5S/c14-12(15)11-5-1-3-9(11)7-13-19(16,17)8-10-4-2-6-18-10/h9-11,13H,1-8H2,(H,14,15). The van der Waals surface area contributed by atoms with Crippen molar-refractivity contribution in [1.29, 1.82) is 0 Å². The van der Waals surface area contributed by atoms with Crippen molar-refractivity contribution in [2.75, 3.05) is 18.9 Å². The summed E-state index contributed by atoms with van der Waals surface area (Å²) in [6.07, 6.45) is 3.75. The van der Waals surface area contributed by atoms with E-state index in [1.165, 1.54) is 0 Å². The van der Waals surface area contributed by atoms with Gasteiger partial charge in [-0.3, -0.25) is 4.79 Å². The van der Waals surface area contributed by atoms with E-state index >= 15 is 0 Å². The summed E-state index contributed by atoms with van der Waals surface area (Å²) in [6.45, 7) is 0.857. The maximum absolute atomic E-state index is 11.9. The van der Waals surface area contributed by atoms with Gasteiger partial charge in [0.25, 0.3) is 0 Å². The van der Waals surface area contributed by atoms with Crippen LogP contribution in [0.1, 0.15) is 32.1 Å². The van der Waals surface area contributed by atoms with E-state index in [4.69, 9.17) is 9.84 Å². The minimum absolute atomic E-state index is 0.0164.